The molecule has 0 N–H and O–H groups in total. The molecule has 0 aliphatic carbocycles. The highest BCUT2D eigenvalue weighted by atomic mass is 32.2. The molecule has 0 aliphatic rings. The maximum Gasteiger partial charge on any atom is 0.269 e. The van der Waals surface area contributed by atoms with E-state index >= 15 is 0 Å². The SMILES string of the molecule is CC(=O)C[C@](C)(C[S@@](=O)C(C)(C)C)c1cccc([N+](=O)[O-])c1. The average Bonchev–Trinajstić information content (AvgIpc) is 2.36. The lowest BCUT2D eigenvalue weighted by Crippen LogP contribution is -2.37. The van der Waals surface area contributed by atoms with Crippen molar-refractivity contribution in [2.45, 2.75) is 51.2 Å². The Labute approximate surface area is 133 Å². The van der Waals surface area contributed by atoms with Crippen LogP contribution >= 0.6 is 0 Å². The first-order chi connectivity index (χ1) is 9.95. The second-order valence-electron chi connectivity index (χ2n) is 6.85. The number of carbonyl (C=O) groups excluding carboxylic acids is 1. The van der Waals surface area contributed by atoms with Crippen molar-refractivity contribution in [1.29, 1.82) is 0 Å². The molecule has 2 atom stereocenters. The maximum atomic E-state index is 12.5. The summed E-state index contributed by atoms with van der Waals surface area (Å²) in [6, 6.07) is 6.25. The van der Waals surface area contributed by atoms with Crippen molar-refractivity contribution < 1.29 is 13.9 Å². The molecule has 0 radical (unpaired) electrons. The Bertz CT molecular complexity index is 606. The van der Waals surface area contributed by atoms with Crippen LogP contribution in [0.3, 0.4) is 0 Å². The minimum Gasteiger partial charge on any atom is -0.300 e. The van der Waals surface area contributed by atoms with Gasteiger partial charge in [-0.25, -0.2) is 0 Å². The molecular weight excluding hydrogens is 302 g/mol. The Morgan fingerprint density at radius 2 is 1.86 bits per heavy atom. The van der Waals surface area contributed by atoms with E-state index in [0.717, 1.165) is 0 Å². The van der Waals surface area contributed by atoms with Crippen LogP contribution in [-0.2, 0) is 21.0 Å². The van der Waals surface area contributed by atoms with Gasteiger partial charge in [0.25, 0.3) is 5.69 Å². The van der Waals surface area contributed by atoms with Crippen molar-refractivity contribution in [3.63, 3.8) is 0 Å². The van der Waals surface area contributed by atoms with E-state index in [0.29, 0.717) is 5.56 Å². The van der Waals surface area contributed by atoms with Crippen LogP contribution in [0.5, 0.6) is 0 Å². The number of hydrogen-bond donors (Lipinski definition) is 0. The fourth-order valence-corrected chi connectivity index (χ4v) is 3.57. The van der Waals surface area contributed by atoms with Crippen molar-refractivity contribution in [2.75, 3.05) is 5.75 Å². The molecule has 1 aromatic rings. The van der Waals surface area contributed by atoms with Gasteiger partial charge in [-0.2, -0.15) is 0 Å². The molecule has 0 spiro atoms. The van der Waals surface area contributed by atoms with Gasteiger partial charge in [-0.05, 0) is 33.3 Å². The Morgan fingerprint density at radius 3 is 2.32 bits per heavy atom. The number of carbonyl (C=O) groups is 1. The molecule has 0 amide bonds. The Balaban J connectivity index is 3.27. The number of nitro groups is 1. The standard InChI is InChI=1S/C16H23NO4S/c1-12(18)10-16(5,11-22(21)15(2,3)4)13-7-6-8-14(9-13)17(19)20/h6-9H,10-11H2,1-5H3/t16-,22-/m1/s1. The Hall–Kier alpha value is -1.56. The molecule has 1 aromatic carbocycles. The van der Waals surface area contributed by atoms with E-state index in [-0.39, 0.29) is 23.6 Å². The van der Waals surface area contributed by atoms with Crippen LogP contribution in [-0.4, -0.2) is 25.4 Å². The van der Waals surface area contributed by atoms with Gasteiger partial charge in [-0.15, -0.1) is 0 Å². The second-order valence-corrected chi connectivity index (χ2v) is 9.05. The number of nitrogens with zero attached hydrogens (tertiary/aromatic N) is 1. The van der Waals surface area contributed by atoms with Crippen molar-refractivity contribution >= 4 is 22.3 Å². The number of Topliss-reactive ketones (excluding diaryl/α,β-unsaturated/α-hetero) is 1. The summed E-state index contributed by atoms with van der Waals surface area (Å²) in [5.74, 6) is 0.261. The third-order valence-electron chi connectivity index (χ3n) is 3.53. The monoisotopic (exact) mass is 325 g/mol. The summed E-state index contributed by atoms with van der Waals surface area (Å²) in [4.78, 5) is 22.2. The van der Waals surface area contributed by atoms with Crippen molar-refractivity contribution in [2.24, 2.45) is 0 Å². The molecule has 0 saturated carbocycles. The van der Waals surface area contributed by atoms with Gasteiger partial charge in [-0.1, -0.05) is 19.1 Å². The van der Waals surface area contributed by atoms with Crippen LogP contribution in [0.2, 0.25) is 0 Å². The molecule has 6 heteroatoms. The van der Waals surface area contributed by atoms with Crippen LogP contribution in [0.1, 0.15) is 46.6 Å². The van der Waals surface area contributed by atoms with Crippen LogP contribution in [0.4, 0.5) is 5.69 Å². The first-order valence-corrected chi connectivity index (χ1v) is 8.40. The second kappa shape index (κ2) is 6.69. The van der Waals surface area contributed by atoms with E-state index < -0.39 is 25.9 Å². The highest BCUT2D eigenvalue weighted by Gasteiger charge is 2.35. The molecule has 0 saturated heterocycles. The van der Waals surface area contributed by atoms with E-state index in [9.17, 15) is 19.1 Å². The zero-order chi connectivity index (χ0) is 17.1. The normalized spacial score (nSPS) is 15.9. The lowest BCUT2D eigenvalue weighted by atomic mass is 9.80. The minimum atomic E-state index is -1.16. The quantitative estimate of drug-likeness (QED) is 0.593. The van der Waals surface area contributed by atoms with E-state index in [2.05, 4.69) is 0 Å². The Morgan fingerprint density at radius 1 is 1.27 bits per heavy atom. The molecule has 0 unspecified atom stereocenters. The molecule has 0 aromatic heterocycles. The largest absolute Gasteiger partial charge is 0.300 e. The van der Waals surface area contributed by atoms with Gasteiger partial charge in [-0.3, -0.25) is 19.1 Å². The summed E-state index contributed by atoms with van der Waals surface area (Å²) in [7, 11) is -1.16. The summed E-state index contributed by atoms with van der Waals surface area (Å²) in [6.07, 6.45) is 0.204. The zero-order valence-electron chi connectivity index (χ0n) is 13.7. The highest BCUT2D eigenvalue weighted by Crippen LogP contribution is 2.33. The maximum absolute atomic E-state index is 12.5. The number of benzene rings is 1. The first kappa shape index (κ1) is 18.5. The number of rotatable bonds is 6. The van der Waals surface area contributed by atoms with Gasteiger partial charge in [0.2, 0.25) is 0 Å². The lowest BCUT2D eigenvalue weighted by molar-refractivity contribution is -0.385. The predicted octanol–water partition coefficient (Wildman–Crippen LogP) is 3.38. The van der Waals surface area contributed by atoms with E-state index in [4.69, 9.17) is 0 Å². The molecule has 22 heavy (non-hydrogen) atoms. The molecular formula is C16H23NO4S. The molecule has 122 valence electrons. The fraction of sp³-hybridized carbons (Fsp3) is 0.562. The van der Waals surface area contributed by atoms with E-state index in [1.54, 1.807) is 12.1 Å². The first-order valence-electron chi connectivity index (χ1n) is 7.08. The van der Waals surface area contributed by atoms with Gasteiger partial charge in [0.1, 0.15) is 5.78 Å². The van der Waals surface area contributed by atoms with Crippen molar-refractivity contribution in [3.05, 3.63) is 39.9 Å². The van der Waals surface area contributed by atoms with E-state index in [1.165, 1.54) is 19.1 Å². The van der Waals surface area contributed by atoms with Crippen LogP contribution < -0.4 is 0 Å². The smallest absolute Gasteiger partial charge is 0.269 e. The highest BCUT2D eigenvalue weighted by molar-refractivity contribution is 7.86. The molecule has 0 bridgehead atoms. The third-order valence-corrected chi connectivity index (χ3v) is 5.79. The summed E-state index contributed by atoms with van der Waals surface area (Å²) < 4.78 is 12.1. The summed E-state index contributed by atoms with van der Waals surface area (Å²) in [5.41, 5.74) is -0.0287. The van der Waals surface area contributed by atoms with Crippen LogP contribution in [0.15, 0.2) is 24.3 Å². The van der Waals surface area contributed by atoms with Crippen molar-refractivity contribution in [1.82, 2.24) is 0 Å². The van der Waals surface area contributed by atoms with Gasteiger partial charge in [0, 0.05) is 45.3 Å². The third kappa shape index (κ3) is 4.73. The van der Waals surface area contributed by atoms with Gasteiger partial charge < -0.3 is 0 Å². The number of non-ortho nitro benzene ring substituents is 1. The van der Waals surface area contributed by atoms with Crippen molar-refractivity contribution in [3.8, 4) is 0 Å². The molecule has 1 rings (SSSR count). The van der Waals surface area contributed by atoms with Gasteiger partial charge >= 0.3 is 0 Å². The number of hydrogen-bond acceptors (Lipinski definition) is 4. The number of ketones is 1. The van der Waals surface area contributed by atoms with Crippen LogP contribution in [0, 0.1) is 10.1 Å². The Kier molecular flexibility index (Phi) is 5.62. The predicted molar refractivity (Wildman–Crippen MR) is 88.5 cm³/mol. The average molecular weight is 325 g/mol. The molecule has 0 aliphatic heterocycles. The zero-order valence-corrected chi connectivity index (χ0v) is 14.5. The summed E-state index contributed by atoms with van der Waals surface area (Å²) in [5, 5.41) is 11.0. The topological polar surface area (TPSA) is 77.3 Å². The number of nitro benzene ring substituents is 1. The van der Waals surface area contributed by atoms with Gasteiger partial charge in [0.05, 0.1) is 4.92 Å². The summed E-state index contributed by atoms with van der Waals surface area (Å²) in [6.45, 7) is 8.97. The van der Waals surface area contributed by atoms with Crippen LogP contribution in [0.25, 0.3) is 0 Å². The van der Waals surface area contributed by atoms with E-state index in [1.807, 2.05) is 27.7 Å². The lowest BCUT2D eigenvalue weighted by Gasteiger charge is -2.32. The molecule has 0 heterocycles. The summed E-state index contributed by atoms with van der Waals surface area (Å²) >= 11 is 0. The molecule has 5 nitrogen and oxygen atoms in total. The molecule has 0 fully saturated rings. The van der Waals surface area contributed by atoms with Gasteiger partial charge in [0.15, 0.2) is 0 Å². The minimum absolute atomic E-state index is 0.0196. The fourth-order valence-electron chi connectivity index (χ4n) is 2.29.